The number of carbonyl (C=O) groups is 1. The van der Waals surface area contributed by atoms with E-state index in [4.69, 9.17) is 10.3 Å². The number of rotatable bonds is 6. The zero-order valence-corrected chi connectivity index (χ0v) is 10.6. The van der Waals surface area contributed by atoms with Crippen LogP contribution in [0.5, 0.6) is 0 Å². The smallest absolute Gasteiger partial charge is 0.306 e. The molecule has 0 radical (unpaired) electrons. The lowest BCUT2D eigenvalue weighted by molar-refractivity contribution is -0.154. The number of hydrogen-bond acceptors (Lipinski definition) is 3. The Morgan fingerprint density at radius 2 is 2.06 bits per heavy atom. The molecule has 0 saturated heterocycles. The topological polar surface area (TPSA) is 75.1 Å². The number of azide groups is 1. The summed E-state index contributed by atoms with van der Waals surface area (Å²) in [4.78, 5) is 14.1. The molecule has 0 aliphatic rings. The lowest BCUT2D eigenvalue weighted by Crippen LogP contribution is -2.23. The van der Waals surface area contributed by atoms with Gasteiger partial charge in [-0.1, -0.05) is 18.5 Å². The summed E-state index contributed by atoms with van der Waals surface area (Å²) in [7, 11) is 0. The van der Waals surface area contributed by atoms with Crippen molar-refractivity contribution in [1.82, 2.24) is 0 Å². The number of nitrogens with zero attached hydrogens (tertiary/aromatic N) is 3. The molecular weight excluding hydrogens is 206 g/mol. The van der Waals surface area contributed by atoms with Gasteiger partial charge in [-0.2, -0.15) is 0 Å². The summed E-state index contributed by atoms with van der Waals surface area (Å²) in [6, 6.07) is 0.00337. The molecule has 0 N–H and O–H groups in total. The minimum Gasteiger partial charge on any atom is -0.460 e. The molecule has 0 fully saturated rings. The van der Waals surface area contributed by atoms with Crippen molar-refractivity contribution in [2.75, 3.05) is 0 Å². The predicted octanol–water partition coefficient (Wildman–Crippen LogP) is 3.59. The van der Waals surface area contributed by atoms with Crippen molar-refractivity contribution in [3.63, 3.8) is 0 Å². The molecule has 92 valence electrons. The molecule has 0 unspecified atom stereocenters. The van der Waals surface area contributed by atoms with Gasteiger partial charge < -0.3 is 4.74 Å². The molecule has 0 aromatic carbocycles. The molecule has 0 aliphatic carbocycles. The number of hydrogen-bond donors (Lipinski definition) is 0. The Kier molecular flexibility index (Phi) is 6.58. The summed E-state index contributed by atoms with van der Waals surface area (Å²) in [6.45, 7) is 7.44. The van der Waals surface area contributed by atoms with Crippen LogP contribution >= 0.6 is 0 Å². The van der Waals surface area contributed by atoms with Crippen molar-refractivity contribution >= 4 is 5.97 Å². The van der Waals surface area contributed by atoms with Crippen molar-refractivity contribution in [1.29, 1.82) is 0 Å². The maximum absolute atomic E-state index is 11.3. The van der Waals surface area contributed by atoms with Crippen molar-refractivity contribution in [3.8, 4) is 0 Å². The Balaban J connectivity index is 3.59. The van der Waals surface area contributed by atoms with E-state index in [1.807, 2.05) is 27.7 Å². The van der Waals surface area contributed by atoms with Crippen molar-refractivity contribution in [2.45, 2.75) is 65.0 Å². The molecule has 16 heavy (non-hydrogen) atoms. The summed E-state index contributed by atoms with van der Waals surface area (Å²) < 4.78 is 5.17. The lowest BCUT2D eigenvalue weighted by atomic mass is 10.1. The van der Waals surface area contributed by atoms with E-state index in [0.29, 0.717) is 6.42 Å². The summed E-state index contributed by atoms with van der Waals surface area (Å²) in [5.74, 6) is -0.163. The van der Waals surface area contributed by atoms with Crippen molar-refractivity contribution in [2.24, 2.45) is 5.11 Å². The Morgan fingerprint density at radius 3 is 2.56 bits per heavy atom. The monoisotopic (exact) mass is 227 g/mol. The first-order chi connectivity index (χ1) is 7.35. The van der Waals surface area contributed by atoms with E-state index in [0.717, 1.165) is 19.3 Å². The number of unbranched alkanes of at least 4 members (excludes halogenated alkanes) is 1. The minimum absolute atomic E-state index is 0.00337. The highest BCUT2D eigenvalue weighted by molar-refractivity contribution is 5.69. The standard InChI is InChI=1S/C11H21N3O2/c1-9(13-14-12)7-5-6-8-10(15)16-11(2,3)4/h9H,5-8H2,1-4H3/t9-/m1/s1. The number of carbonyl (C=O) groups excluding carboxylic acids is 1. The lowest BCUT2D eigenvalue weighted by Gasteiger charge is -2.19. The van der Waals surface area contributed by atoms with Gasteiger partial charge in [0, 0.05) is 17.4 Å². The van der Waals surface area contributed by atoms with Crippen LogP contribution in [0.3, 0.4) is 0 Å². The van der Waals surface area contributed by atoms with E-state index in [9.17, 15) is 4.79 Å². The van der Waals surface area contributed by atoms with Gasteiger partial charge in [-0.3, -0.25) is 4.79 Å². The second-order valence-electron chi connectivity index (χ2n) is 4.89. The van der Waals surface area contributed by atoms with Crippen molar-refractivity contribution < 1.29 is 9.53 Å². The molecule has 5 nitrogen and oxygen atoms in total. The Bertz CT molecular complexity index is 265. The van der Waals surface area contributed by atoms with Crippen LogP contribution < -0.4 is 0 Å². The normalized spacial score (nSPS) is 12.8. The van der Waals surface area contributed by atoms with Gasteiger partial charge in [0.2, 0.25) is 0 Å². The molecule has 0 bridgehead atoms. The fourth-order valence-electron chi connectivity index (χ4n) is 1.25. The third-order valence-electron chi connectivity index (χ3n) is 1.92. The fourth-order valence-corrected chi connectivity index (χ4v) is 1.25. The van der Waals surface area contributed by atoms with Crippen LogP contribution in [0, 0.1) is 0 Å². The Labute approximate surface area is 96.8 Å². The highest BCUT2D eigenvalue weighted by atomic mass is 16.6. The van der Waals surface area contributed by atoms with Crippen LogP contribution in [-0.4, -0.2) is 17.6 Å². The number of esters is 1. The van der Waals surface area contributed by atoms with Crippen LogP contribution in [0.25, 0.3) is 10.4 Å². The highest BCUT2D eigenvalue weighted by Gasteiger charge is 2.15. The average Bonchev–Trinajstić information content (AvgIpc) is 2.10. The van der Waals surface area contributed by atoms with E-state index in [1.165, 1.54) is 0 Å². The summed E-state index contributed by atoms with van der Waals surface area (Å²) >= 11 is 0. The van der Waals surface area contributed by atoms with Crippen LogP contribution in [0.1, 0.15) is 53.4 Å². The Morgan fingerprint density at radius 1 is 1.44 bits per heavy atom. The summed E-state index contributed by atoms with van der Waals surface area (Å²) in [5.41, 5.74) is 7.79. The maximum atomic E-state index is 11.3. The SMILES string of the molecule is C[C@H](CCCCC(=O)OC(C)(C)C)N=[N+]=[N-]. The maximum Gasteiger partial charge on any atom is 0.306 e. The zero-order chi connectivity index (χ0) is 12.6. The van der Waals surface area contributed by atoms with Gasteiger partial charge >= 0.3 is 5.97 Å². The van der Waals surface area contributed by atoms with E-state index in [2.05, 4.69) is 10.0 Å². The quantitative estimate of drug-likeness (QED) is 0.228. The average molecular weight is 227 g/mol. The van der Waals surface area contributed by atoms with Crippen molar-refractivity contribution in [3.05, 3.63) is 10.4 Å². The van der Waals surface area contributed by atoms with E-state index in [-0.39, 0.29) is 12.0 Å². The van der Waals surface area contributed by atoms with E-state index < -0.39 is 5.60 Å². The predicted molar refractivity (Wildman–Crippen MR) is 62.9 cm³/mol. The first-order valence-corrected chi connectivity index (χ1v) is 5.61. The van der Waals surface area contributed by atoms with Gasteiger partial charge in [-0.05, 0) is 39.1 Å². The van der Waals surface area contributed by atoms with Crippen LogP contribution in [0.2, 0.25) is 0 Å². The first kappa shape index (κ1) is 14.8. The third kappa shape index (κ3) is 9.34. The molecule has 0 spiro atoms. The first-order valence-electron chi connectivity index (χ1n) is 5.61. The molecule has 0 heterocycles. The molecule has 0 aliphatic heterocycles. The molecule has 1 atom stereocenters. The summed E-state index contributed by atoms with van der Waals surface area (Å²) in [5, 5.41) is 3.57. The molecular formula is C11H21N3O2. The molecule has 5 heteroatoms. The molecule has 0 rings (SSSR count). The minimum atomic E-state index is -0.407. The van der Waals surface area contributed by atoms with Gasteiger partial charge in [0.25, 0.3) is 0 Å². The number of ether oxygens (including phenoxy) is 1. The van der Waals surface area contributed by atoms with Gasteiger partial charge in [-0.15, -0.1) is 0 Å². The third-order valence-corrected chi connectivity index (χ3v) is 1.92. The second kappa shape index (κ2) is 7.12. The van der Waals surface area contributed by atoms with Crippen LogP contribution in [0.15, 0.2) is 5.11 Å². The van der Waals surface area contributed by atoms with E-state index >= 15 is 0 Å². The molecule has 0 aromatic rings. The highest BCUT2D eigenvalue weighted by Crippen LogP contribution is 2.11. The van der Waals surface area contributed by atoms with E-state index in [1.54, 1.807) is 0 Å². The summed E-state index contributed by atoms with van der Waals surface area (Å²) in [6.07, 6.45) is 2.90. The molecule has 0 saturated carbocycles. The largest absolute Gasteiger partial charge is 0.460 e. The Hall–Kier alpha value is -1.22. The van der Waals surface area contributed by atoms with Gasteiger partial charge in [0.1, 0.15) is 5.60 Å². The second-order valence-corrected chi connectivity index (χ2v) is 4.89. The van der Waals surface area contributed by atoms with Crippen LogP contribution in [0.4, 0.5) is 0 Å². The van der Waals surface area contributed by atoms with Gasteiger partial charge in [-0.25, -0.2) is 0 Å². The van der Waals surface area contributed by atoms with Crippen LogP contribution in [-0.2, 0) is 9.53 Å². The zero-order valence-electron chi connectivity index (χ0n) is 10.6. The molecule has 0 aromatic heterocycles. The fraction of sp³-hybridized carbons (Fsp3) is 0.909. The van der Waals surface area contributed by atoms with Gasteiger partial charge in [0.15, 0.2) is 0 Å². The molecule has 0 amide bonds. The van der Waals surface area contributed by atoms with Gasteiger partial charge in [0.05, 0.1) is 0 Å².